The highest BCUT2D eigenvalue weighted by Gasteiger charge is 2.35. The van der Waals surface area contributed by atoms with E-state index in [-0.39, 0.29) is 41.1 Å². The number of sulfonamides is 1. The van der Waals surface area contributed by atoms with Gasteiger partial charge in [-0.15, -0.1) is 11.8 Å². The van der Waals surface area contributed by atoms with E-state index in [4.69, 9.17) is 27.9 Å². The molecule has 0 aromatic heterocycles. The molecule has 0 aliphatic carbocycles. The summed E-state index contributed by atoms with van der Waals surface area (Å²) in [6.45, 7) is 3.57. The second kappa shape index (κ2) is 16.9. The summed E-state index contributed by atoms with van der Waals surface area (Å²) in [6, 6.07) is 26.5. The van der Waals surface area contributed by atoms with Gasteiger partial charge in [-0.2, -0.15) is 0 Å². The van der Waals surface area contributed by atoms with Crippen molar-refractivity contribution in [3.8, 4) is 5.75 Å². The van der Waals surface area contributed by atoms with Crippen molar-refractivity contribution >= 4 is 62.5 Å². The molecule has 47 heavy (non-hydrogen) atoms. The largest absolute Gasteiger partial charge is 0.492 e. The molecule has 0 radical (unpaired) electrons. The minimum absolute atomic E-state index is 0.00926. The van der Waals surface area contributed by atoms with E-state index in [1.165, 1.54) is 28.8 Å². The van der Waals surface area contributed by atoms with E-state index >= 15 is 0 Å². The molecule has 1 N–H and O–H groups in total. The van der Waals surface area contributed by atoms with Crippen LogP contribution in [0.25, 0.3) is 0 Å². The molecule has 4 aromatic carbocycles. The molecular weight excluding hydrogens is 677 g/mol. The van der Waals surface area contributed by atoms with E-state index in [0.717, 1.165) is 14.8 Å². The quantitative estimate of drug-likeness (QED) is 0.132. The first-order valence-electron chi connectivity index (χ1n) is 15.0. The fraction of sp³-hybridized carbons (Fsp3) is 0.257. The Morgan fingerprint density at radius 3 is 2.19 bits per heavy atom. The van der Waals surface area contributed by atoms with Crippen molar-refractivity contribution in [3.05, 3.63) is 118 Å². The van der Waals surface area contributed by atoms with Gasteiger partial charge in [-0.25, -0.2) is 8.42 Å². The fourth-order valence-electron chi connectivity index (χ4n) is 5.01. The molecule has 12 heteroatoms. The minimum Gasteiger partial charge on any atom is -0.492 e. The first-order chi connectivity index (χ1) is 22.6. The van der Waals surface area contributed by atoms with E-state index in [0.29, 0.717) is 22.9 Å². The van der Waals surface area contributed by atoms with Crippen LogP contribution in [-0.4, -0.2) is 57.1 Å². The molecule has 0 saturated carbocycles. The molecule has 0 fully saturated rings. The fourth-order valence-corrected chi connectivity index (χ4v) is 7.16. The molecule has 1 atom stereocenters. The van der Waals surface area contributed by atoms with Crippen LogP contribution in [-0.2, 0) is 32.6 Å². The number of carbonyl (C=O) groups excluding carboxylic acids is 2. The highest BCUT2D eigenvalue weighted by Crippen LogP contribution is 2.33. The number of hydrogen-bond acceptors (Lipinski definition) is 6. The minimum atomic E-state index is -4.29. The third-order valence-electron chi connectivity index (χ3n) is 7.32. The maximum absolute atomic E-state index is 14.6. The predicted molar refractivity (Wildman–Crippen MR) is 190 cm³/mol. The zero-order valence-corrected chi connectivity index (χ0v) is 29.5. The van der Waals surface area contributed by atoms with E-state index < -0.39 is 28.5 Å². The van der Waals surface area contributed by atoms with Gasteiger partial charge in [-0.1, -0.05) is 71.7 Å². The Bertz CT molecular complexity index is 1770. The Balaban J connectivity index is 1.84. The first kappa shape index (κ1) is 36.1. The molecule has 4 rings (SSSR count). The smallest absolute Gasteiger partial charge is 0.264 e. The number of carbonyl (C=O) groups is 2. The number of rotatable bonds is 15. The van der Waals surface area contributed by atoms with Gasteiger partial charge >= 0.3 is 0 Å². The maximum Gasteiger partial charge on any atom is 0.264 e. The van der Waals surface area contributed by atoms with Gasteiger partial charge in [0.2, 0.25) is 11.8 Å². The van der Waals surface area contributed by atoms with Crippen molar-refractivity contribution in [2.24, 2.45) is 0 Å². The summed E-state index contributed by atoms with van der Waals surface area (Å²) in [6.07, 6.45) is 2.09. The average Bonchev–Trinajstić information content (AvgIpc) is 3.07. The number of hydrogen-bond donors (Lipinski definition) is 1. The van der Waals surface area contributed by atoms with Gasteiger partial charge in [-0.3, -0.25) is 13.9 Å². The van der Waals surface area contributed by atoms with Gasteiger partial charge in [-0.05, 0) is 79.8 Å². The van der Waals surface area contributed by atoms with Crippen LogP contribution in [0.5, 0.6) is 5.75 Å². The summed E-state index contributed by atoms with van der Waals surface area (Å²) in [5.74, 6) is -0.673. The zero-order chi connectivity index (χ0) is 34.0. The molecule has 0 heterocycles. The van der Waals surface area contributed by atoms with Gasteiger partial charge in [0.25, 0.3) is 10.0 Å². The van der Waals surface area contributed by atoms with Gasteiger partial charge in [0.15, 0.2) is 0 Å². The SMILES string of the molecule is CCNC(=O)C(Cc1ccccc1)N(Cc1ccc(Cl)c(Cl)c1)C(=O)CN(c1ccccc1OCC)S(=O)(=O)c1ccc(SC)cc1. The molecule has 0 spiro atoms. The Labute approximate surface area is 291 Å². The highest BCUT2D eigenvalue weighted by molar-refractivity contribution is 7.98. The number of nitrogens with one attached hydrogen (secondary N) is 1. The normalized spacial score (nSPS) is 11.9. The van der Waals surface area contributed by atoms with Gasteiger partial charge in [0.05, 0.1) is 27.2 Å². The average molecular weight is 715 g/mol. The molecule has 0 aliphatic heterocycles. The van der Waals surface area contributed by atoms with E-state index in [9.17, 15) is 18.0 Å². The maximum atomic E-state index is 14.6. The van der Waals surface area contributed by atoms with Crippen LogP contribution in [0.2, 0.25) is 10.0 Å². The van der Waals surface area contributed by atoms with Crippen LogP contribution in [0, 0.1) is 0 Å². The molecule has 0 bridgehead atoms. The van der Waals surface area contributed by atoms with Crippen molar-refractivity contribution in [2.45, 2.75) is 42.6 Å². The lowest BCUT2D eigenvalue weighted by Gasteiger charge is -2.34. The monoisotopic (exact) mass is 713 g/mol. The number of para-hydroxylation sites is 2. The van der Waals surface area contributed by atoms with Crippen LogP contribution in [0.3, 0.4) is 0 Å². The number of anilines is 1. The molecule has 4 aromatic rings. The lowest BCUT2D eigenvalue weighted by atomic mass is 10.0. The van der Waals surface area contributed by atoms with Crippen molar-refractivity contribution in [2.75, 3.05) is 30.3 Å². The Morgan fingerprint density at radius 1 is 0.872 bits per heavy atom. The van der Waals surface area contributed by atoms with E-state index in [2.05, 4.69) is 5.32 Å². The Kier molecular flexibility index (Phi) is 13.0. The van der Waals surface area contributed by atoms with Crippen molar-refractivity contribution in [1.29, 1.82) is 0 Å². The van der Waals surface area contributed by atoms with Gasteiger partial charge in [0.1, 0.15) is 18.3 Å². The van der Waals surface area contributed by atoms with Crippen LogP contribution >= 0.6 is 35.0 Å². The third-order valence-corrected chi connectivity index (χ3v) is 10.6. The summed E-state index contributed by atoms with van der Waals surface area (Å²) >= 11 is 14.0. The molecule has 0 aliphatic rings. The summed E-state index contributed by atoms with van der Waals surface area (Å²) < 4.78 is 35.6. The number of thioether (sulfide) groups is 1. The molecule has 2 amide bonds. The standard InChI is InChI=1S/C35H37Cl2N3O5S2/c1-4-38-35(42)32(22-25-11-7-6-8-12-25)39(23-26-15-20-29(36)30(37)21-26)34(41)24-40(31-13-9-10-14-33(31)45-5-2)47(43,44)28-18-16-27(46-3)17-19-28/h6-21,32H,4-5,22-24H2,1-3H3,(H,38,42). The molecule has 0 saturated heterocycles. The number of halogens is 2. The van der Waals surface area contributed by atoms with Crippen LogP contribution < -0.4 is 14.4 Å². The number of amides is 2. The highest BCUT2D eigenvalue weighted by atomic mass is 35.5. The summed E-state index contributed by atoms with van der Waals surface area (Å²) in [5, 5.41) is 3.48. The zero-order valence-electron chi connectivity index (χ0n) is 26.4. The predicted octanol–water partition coefficient (Wildman–Crippen LogP) is 7.09. The van der Waals surface area contributed by atoms with Crippen LogP contribution in [0.15, 0.2) is 107 Å². The second-order valence-corrected chi connectivity index (χ2v) is 14.0. The summed E-state index contributed by atoms with van der Waals surface area (Å²) in [5.41, 5.74) is 1.64. The topological polar surface area (TPSA) is 96.0 Å². The van der Waals surface area contributed by atoms with Crippen molar-refractivity contribution in [1.82, 2.24) is 10.2 Å². The van der Waals surface area contributed by atoms with Crippen molar-refractivity contribution < 1.29 is 22.7 Å². The van der Waals surface area contributed by atoms with Crippen molar-refractivity contribution in [3.63, 3.8) is 0 Å². The van der Waals surface area contributed by atoms with Gasteiger partial charge < -0.3 is 15.0 Å². The number of benzene rings is 4. The van der Waals surface area contributed by atoms with Crippen LogP contribution in [0.1, 0.15) is 25.0 Å². The Hall–Kier alpha value is -3.70. The second-order valence-electron chi connectivity index (χ2n) is 10.5. The van der Waals surface area contributed by atoms with Crippen LogP contribution in [0.4, 0.5) is 5.69 Å². The molecular formula is C35H37Cl2N3O5S2. The number of ether oxygens (including phenoxy) is 1. The molecule has 248 valence electrons. The number of likely N-dealkylation sites (N-methyl/N-ethyl adjacent to an activating group) is 1. The lowest BCUT2D eigenvalue weighted by Crippen LogP contribution is -2.53. The molecule has 8 nitrogen and oxygen atoms in total. The summed E-state index contributed by atoms with van der Waals surface area (Å²) in [7, 11) is -4.29. The lowest BCUT2D eigenvalue weighted by molar-refractivity contribution is -0.140. The first-order valence-corrected chi connectivity index (χ1v) is 18.4. The summed E-state index contributed by atoms with van der Waals surface area (Å²) in [4.78, 5) is 30.6. The number of nitrogens with zero attached hydrogens (tertiary/aromatic N) is 2. The Morgan fingerprint density at radius 2 is 1.55 bits per heavy atom. The van der Waals surface area contributed by atoms with Gasteiger partial charge in [0, 0.05) is 24.4 Å². The van der Waals surface area contributed by atoms with E-state index in [1.807, 2.05) is 36.6 Å². The third kappa shape index (κ3) is 9.22. The molecule has 1 unspecified atom stereocenters. The van der Waals surface area contributed by atoms with E-state index in [1.54, 1.807) is 68.4 Å².